The van der Waals surface area contributed by atoms with Gasteiger partial charge in [0, 0.05) is 11.9 Å². The van der Waals surface area contributed by atoms with Crippen LogP contribution in [0.15, 0.2) is 66.7 Å². The second-order valence-electron chi connectivity index (χ2n) is 6.91. The van der Waals surface area contributed by atoms with E-state index in [1.165, 1.54) is 10.9 Å². The average molecular weight is 344 g/mol. The lowest BCUT2D eigenvalue weighted by Crippen LogP contribution is -2.12. The minimum atomic E-state index is 0.471. The Bertz CT molecular complexity index is 1030. The molecule has 132 valence electrons. The number of rotatable bonds is 6. The van der Waals surface area contributed by atoms with Crippen LogP contribution in [0, 0.1) is 5.92 Å². The normalized spacial score (nSPS) is 12.5. The molecule has 3 aromatic carbocycles. The van der Waals surface area contributed by atoms with Gasteiger partial charge in [-0.3, -0.25) is 0 Å². The molecule has 0 aliphatic rings. The molecule has 1 aromatic heterocycles. The Kier molecular flexibility index (Phi) is 4.61. The van der Waals surface area contributed by atoms with E-state index in [4.69, 9.17) is 9.72 Å². The van der Waals surface area contributed by atoms with Crippen molar-refractivity contribution in [3.05, 3.63) is 72.6 Å². The van der Waals surface area contributed by atoms with Crippen LogP contribution < -0.4 is 4.74 Å². The van der Waals surface area contributed by atoms with Crippen molar-refractivity contribution in [2.45, 2.75) is 33.4 Å². The zero-order chi connectivity index (χ0) is 17.9. The predicted molar refractivity (Wildman–Crippen MR) is 107 cm³/mol. The van der Waals surface area contributed by atoms with E-state index in [9.17, 15) is 0 Å². The van der Waals surface area contributed by atoms with Crippen molar-refractivity contribution in [1.29, 1.82) is 0 Å². The Morgan fingerprint density at radius 2 is 1.73 bits per heavy atom. The molecule has 0 bridgehead atoms. The van der Waals surface area contributed by atoms with E-state index in [0.717, 1.165) is 35.4 Å². The highest BCUT2D eigenvalue weighted by Gasteiger charge is 2.13. The maximum atomic E-state index is 6.21. The zero-order valence-electron chi connectivity index (χ0n) is 15.4. The van der Waals surface area contributed by atoms with Crippen molar-refractivity contribution in [2.24, 2.45) is 5.92 Å². The largest absolute Gasteiger partial charge is 0.485 e. The topological polar surface area (TPSA) is 27.1 Å². The molecule has 3 heteroatoms. The highest BCUT2D eigenvalue weighted by molar-refractivity contribution is 5.88. The van der Waals surface area contributed by atoms with Crippen molar-refractivity contribution >= 4 is 21.8 Å². The Morgan fingerprint density at radius 3 is 2.62 bits per heavy atom. The Morgan fingerprint density at radius 1 is 0.962 bits per heavy atom. The van der Waals surface area contributed by atoms with Crippen LogP contribution in [-0.2, 0) is 13.2 Å². The van der Waals surface area contributed by atoms with Gasteiger partial charge in [0.2, 0.25) is 0 Å². The first kappa shape index (κ1) is 16.6. The van der Waals surface area contributed by atoms with Gasteiger partial charge in [-0.15, -0.1) is 0 Å². The lowest BCUT2D eigenvalue weighted by atomic mass is 10.1. The molecule has 0 fully saturated rings. The average Bonchev–Trinajstić information content (AvgIpc) is 3.03. The van der Waals surface area contributed by atoms with Gasteiger partial charge in [0.15, 0.2) is 0 Å². The van der Waals surface area contributed by atoms with E-state index in [2.05, 4.69) is 60.9 Å². The summed E-state index contributed by atoms with van der Waals surface area (Å²) in [6, 6.07) is 22.8. The van der Waals surface area contributed by atoms with Gasteiger partial charge in [-0.1, -0.05) is 68.8 Å². The van der Waals surface area contributed by atoms with Crippen LogP contribution in [0.25, 0.3) is 21.8 Å². The third kappa shape index (κ3) is 3.17. The zero-order valence-corrected chi connectivity index (χ0v) is 15.4. The Hall–Kier alpha value is -2.81. The number of ether oxygens (including phenoxy) is 1. The Balaban J connectivity index is 1.67. The summed E-state index contributed by atoms with van der Waals surface area (Å²) in [5.74, 6) is 2.49. The van der Waals surface area contributed by atoms with Crippen LogP contribution in [-0.4, -0.2) is 9.55 Å². The fraction of sp³-hybridized carbons (Fsp3) is 0.261. The van der Waals surface area contributed by atoms with Gasteiger partial charge in [0.25, 0.3) is 0 Å². The third-order valence-electron chi connectivity index (χ3n) is 5.03. The maximum Gasteiger partial charge on any atom is 0.148 e. The summed E-state index contributed by atoms with van der Waals surface area (Å²) < 4.78 is 8.52. The summed E-state index contributed by atoms with van der Waals surface area (Å²) >= 11 is 0. The molecule has 3 nitrogen and oxygen atoms in total. The molecule has 0 N–H and O–H groups in total. The van der Waals surface area contributed by atoms with E-state index >= 15 is 0 Å². The lowest BCUT2D eigenvalue weighted by molar-refractivity contribution is 0.290. The number of aromatic nitrogens is 2. The number of para-hydroxylation sites is 2. The van der Waals surface area contributed by atoms with E-state index < -0.39 is 0 Å². The van der Waals surface area contributed by atoms with Gasteiger partial charge in [0.05, 0.1) is 11.0 Å². The standard InChI is InChI=1S/C23H24N2O/c1-3-17(2)15-25-21-13-7-6-12-20(21)24-23(25)16-26-22-14-8-10-18-9-4-5-11-19(18)22/h4-14,17H,3,15-16H2,1-2H3. The van der Waals surface area contributed by atoms with Crippen LogP contribution in [0.5, 0.6) is 5.75 Å². The number of hydrogen-bond donors (Lipinski definition) is 0. The molecule has 0 spiro atoms. The van der Waals surface area contributed by atoms with Crippen molar-refractivity contribution < 1.29 is 4.74 Å². The van der Waals surface area contributed by atoms with Gasteiger partial charge in [-0.2, -0.15) is 0 Å². The van der Waals surface area contributed by atoms with Crippen LogP contribution in [0.1, 0.15) is 26.1 Å². The van der Waals surface area contributed by atoms with Crippen LogP contribution in [0.3, 0.4) is 0 Å². The number of hydrogen-bond acceptors (Lipinski definition) is 2. The van der Waals surface area contributed by atoms with Crippen molar-refractivity contribution in [2.75, 3.05) is 0 Å². The van der Waals surface area contributed by atoms with Crippen LogP contribution in [0.2, 0.25) is 0 Å². The third-order valence-corrected chi connectivity index (χ3v) is 5.03. The fourth-order valence-electron chi connectivity index (χ4n) is 3.34. The molecular formula is C23H24N2O. The van der Waals surface area contributed by atoms with Gasteiger partial charge in [0.1, 0.15) is 18.2 Å². The summed E-state index contributed by atoms with van der Waals surface area (Å²) in [6.07, 6.45) is 1.15. The van der Waals surface area contributed by atoms with E-state index in [1.807, 2.05) is 24.3 Å². The molecule has 0 aliphatic carbocycles. The first-order valence-electron chi connectivity index (χ1n) is 9.31. The number of imidazole rings is 1. The van der Waals surface area contributed by atoms with Crippen LogP contribution in [0.4, 0.5) is 0 Å². The molecule has 0 aliphatic heterocycles. The minimum Gasteiger partial charge on any atom is -0.485 e. The molecular weight excluding hydrogens is 320 g/mol. The van der Waals surface area contributed by atoms with Crippen LogP contribution >= 0.6 is 0 Å². The number of nitrogens with zero attached hydrogens (tertiary/aromatic N) is 2. The molecule has 1 heterocycles. The molecule has 0 amide bonds. The maximum absolute atomic E-state index is 6.21. The number of benzene rings is 3. The molecule has 1 unspecified atom stereocenters. The smallest absolute Gasteiger partial charge is 0.148 e. The number of fused-ring (bicyclic) bond motifs is 2. The monoisotopic (exact) mass is 344 g/mol. The highest BCUT2D eigenvalue weighted by atomic mass is 16.5. The first-order chi connectivity index (χ1) is 12.8. The highest BCUT2D eigenvalue weighted by Crippen LogP contribution is 2.27. The quantitative estimate of drug-likeness (QED) is 0.441. The van der Waals surface area contributed by atoms with Gasteiger partial charge in [-0.25, -0.2) is 4.98 Å². The van der Waals surface area contributed by atoms with E-state index in [-0.39, 0.29) is 0 Å². The molecule has 4 rings (SSSR count). The summed E-state index contributed by atoms with van der Waals surface area (Å²) in [4.78, 5) is 4.83. The van der Waals surface area contributed by atoms with Gasteiger partial charge < -0.3 is 9.30 Å². The second kappa shape index (κ2) is 7.20. The second-order valence-corrected chi connectivity index (χ2v) is 6.91. The van der Waals surface area contributed by atoms with Crippen molar-refractivity contribution in [1.82, 2.24) is 9.55 Å². The molecule has 0 saturated carbocycles. The fourth-order valence-corrected chi connectivity index (χ4v) is 3.34. The summed E-state index contributed by atoms with van der Waals surface area (Å²) in [5.41, 5.74) is 2.22. The van der Waals surface area contributed by atoms with Gasteiger partial charge >= 0.3 is 0 Å². The molecule has 4 aromatic rings. The molecule has 1 atom stereocenters. The van der Waals surface area contributed by atoms with E-state index in [0.29, 0.717) is 12.5 Å². The van der Waals surface area contributed by atoms with Crippen molar-refractivity contribution in [3.63, 3.8) is 0 Å². The summed E-state index contributed by atoms with van der Waals surface area (Å²) in [7, 11) is 0. The molecule has 0 radical (unpaired) electrons. The SMILES string of the molecule is CCC(C)Cn1c(COc2cccc3ccccc23)nc2ccccc21. The minimum absolute atomic E-state index is 0.471. The van der Waals surface area contributed by atoms with Crippen molar-refractivity contribution in [3.8, 4) is 5.75 Å². The Labute approximate surface area is 154 Å². The summed E-state index contributed by atoms with van der Waals surface area (Å²) in [5, 5.41) is 2.33. The van der Waals surface area contributed by atoms with E-state index in [1.54, 1.807) is 0 Å². The van der Waals surface area contributed by atoms with Gasteiger partial charge in [-0.05, 0) is 29.5 Å². The lowest BCUT2D eigenvalue weighted by Gasteiger charge is -2.15. The molecule has 26 heavy (non-hydrogen) atoms. The first-order valence-corrected chi connectivity index (χ1v) is 9.31. The predicted octanol–water partition coefficient (Wildman–Crippen LogP) is 5.81. The summed E-state index contributed by atoms with van der Waals surface area (Å²) in [6.45, 7) is 5.95. The molecule has 0 saturated heterocycles.